The van der Waals surface area contributed by atoms with Crippen molar-refractivity contribution >= 4 is 23.3 Å². The lowest BCUT2D eigenvalue weighted by Crippen LogP contribution is -2.49. The molecule has 28 heavy (non-hydrogen) atoms. The van der Waals surface area contributed by atoms with E-state index in [2.05, 4.69) is 31.8 Å². The second-order valence-corrected chi connectivity index (χ2v) is 8.66. The molecule has 3 aliphatic rings. The fourth-order valence-corrected chi connectivity index (χ4v) is 5.15. The first kappa shape index (κ1) is 19.7. The van der Waals surface area contributed by atoms with Gasteiger partial charge in [-0.2, -0.15) is 0 Å². The van der Waals surface area contributed by atoms with Gasteiger partial charge in [0.1, 0.15) is 6.04 Å². The molecule has 2 N–H and O–H groups in total. The lowest BCUT2D eigenvalue weighted by molar-refractivity contribution is -0.131. The van der Waals surface area contributed by atoms with Crippen LogP contribution in [0.25, 0.3) is 0 Å². The van der Waals surface area contributed by atoms with Gasteiger partial charge >= 0.3 is 0 Å². The number of likely N-dealkylation sites (tertiary alicyclic amines) is 2. The Bertz CT molecular complexity index is 702. The molecule has 3 saturated heterocycles. The third kappa shape index (κ3) is 4.05. The summed E-state index contributed by atoms with van der Waals surface area (Å²) < 4.78 is 3.91. The Balaban J connectivity index is 1.37. The van der Waals surface area contributed by atoms with Gasteiger partial charge in [-0.05, 0) is 37.8 Å². The van der Waals surface area contributed by atoms with Crippen molar-refractivity contribution in [3.05, 3.63) is 11.1 Å². The number of aliphatic hydroxyl groups excluding tert-OH is 1. The normalized spacial score (nSPS) is 31.6. The Hall–Kier alpha value is -1.62. The Morgan fingerprint density at radius 2 is 2.25 bits per heavy atom. The molecule has 0 aromatic carbocycles. The summed E-state index contributed by atoms with van der Waals surface area (Å²) in [6, 6.07) is 0.0836. The summed E-state index contributed by atoms with van der Waals surface area (Å²) in [5.74, 6) is 0.162. The lowest BCUT2D eigenvalue weighted by Gasteiger charge is -2.33. The Morgan fingerprint density at radius 3 is 2.96 bits per heavy atom. The van der Waals surface area contributed by atoms with E-state index in [9.17, 15) is 14.7 Å². The molecule has 4 heterocycles. The number of fused-ring (bicyclic) bond motifs is 1. The molecule has 0 aliphatic carbocycles. The number of nitrogens with one attached hydrogen (secondary N) is 1. The zero-order valence-corrected chi connectivity index (χ0v) is 17.0. The van der Waals surface area contributed by atoms with Crippen LogP contribution in [0.15, 0.2) is 5.38 Å². The number of rotatable bonds is 5. The van der Waals surface area contributed by atoms with Crippen molar-refractivity contribution < 1.29 is 14.7 Å². The van der Waals surface area contributed by atoms with Crippen molar-refractivity contribution in [1.82, 2.24) is 29.6 Å². The predicted octanol–water partition coefficient (Wildman–Crippen LogP) is -0.715. The minimum Gasteiger partial charge on any atom is -0.391 e. The Morgan fingerprint density at radius 1 is 1.39 bits per heavy atom. The standard InChI is InChI=1S/C18H28N6O3S/c1-22-13(2-3-16(26)23-6-4-14(25)10-23)8-19-18(27)17-15(22)5-7-24(17)9-12-11-28-21-20-12/h11,13-15,17,25H,2-10H2,1H3,(H,19,27)/t13-,14+,15-,17-/m0/s1. The molecular weight excluding hydrogens is 380 g/mol. The van der Waals surface area contributed by atoms with E-state index in [4.69, 9.17) is 0 Å². The van der Waals surface area contributed by atoms with Crippen LogP contribution in [0, 0.1) is 0 Å². The SMILES string of the molecule is CN1[C@@H](CCC(=O)N2CC[C@@H](O)C2)CNC(=O)[C@@H]2[C@@H]1CCN2Cc1csnn1. The number of amides is 2. The van der Waals surface area contributed by atoms with Crippen LogP contribution in [0.1, 0.15) is 31.4 Å². The topological polar surface area (TPSA) is 102 Å². The first-order chi connectivity index (χ1) is 13.5. The largest absolute Gasteiger partial charge is 0.391 e. The van der Waals surface area contributed by atoms with E-state index in [1.165, 1.54) is 11.5 Å². The fourth-order valence-electron chi connectivity index (χ4n) is 4.70. The van der Waals surface area contributed by atoms with Gasteiger partial charge in [0.05, 0.1) is 11.8 Å². The van der Waals surface area contributed by atoms with E-state index in [-0.39, 0.29) is 36.0 Å². The quantitative estimate of drug-likeness (QED) is 0.663. The number of aromatic nitrogens is 2. The molecule has 0 unspecified atom stereocenters. The van der Waals surface area contributed by atoms with Crippen LogP contribution in [0.3, 0.4) is 0 Å². The van der Waals surface area contributed by atoms with Crippen LogP contribution in [-0.4, -0.2) is 98.7 Å². The molecule has 0 bridgehead atoms. The number of carbonyl (C=O) groups is 2. The van der Waals surface area contributed by atoms with Gasteiger partial charge in [0.2, 0.25) is 11.8 Å². The summed E-state index contributed by atoms with van der Waals surface area (Å²) in [5, 5.41) is 18.8. The lowest BCUT2D eigenvalue weighted by atomic mass is 10.0. The molecule has 0 spiro atoms. The number of hydrogen-bond donors (Lipinski definition) is 2. The number of likely N-dealkylation sites (N-methyl/N-ethyl adjacent to an activating group) is 1. The summed E-state index contributed by atoms with van der Waals surface area (Å²) in [6.45, 7) is 3.13. The van der Waals surface area contributed by atoms with Gasteiger partial charge in [-0.15, -0.1) is 5.10 Å². The summed E-state index contributed by atoms with van der Waals surface area (Å²) in [5.41, 5.74) is 0.903. The van der Waals surface area contributed by atoms with Gasteiger partial charge in [0.25, 0.3) is 0 Å². The van der Waals surface area contributed by atoms with Gasteiger partial charge in [-0.25, -0.2) is 0 Å². The van der Waals surface area contributed by atoms with E-state index >= 15 is 0 Å². The van der Waals surface area contributed by atoms with Crippen molar-refractivity contribution in [2.75, 3.05) is 33.2 Å². The average molecular weight is 409 g/mol. The van der Waals surface area contributed by atoms with Gasteiger partial charge < -0.3 is 15.3 Å². The number of carbonyl (C=O) groups excluding carboxylic acids is 2. The Kier molecular flexibility index (Phi) is 5.91. The molecule has 10 heteroatoms. The van der Waals surface area contributed by atoms with E-state index < -0.39 is 0 Å². The first-order valence-electron chi connectivity index (χ1n) is 9.98. The molecular formula is C18H28N6O3S. The molecule has 3 aliphatic heterocycles. The predicted molar refractivity (Wildman–Crippen MR) is 104 cm³/mol. The number of hydrogen-bond acceptors (Lipinski definition) is 8. The second kappa shape index (κ2) is 8.40. The molecule has 2 amide bonds. The van der Waals surface area contributed by atoms with Crippen molar-refractivity contribution in [3.63, 3.8) is 0 Å². The molecule has 154 valence electrons. The zero-order valence-electron chi connectivity index (χ0n) is 16.2. The van der Waals surface area contributed by atoms with Crippen LogP contribution in [0.4, 0.5) is 0 Å². The van der Waals surface area contributed by atoms with Crippen LogP contribution in [0.2, 0.25) is 0 Å². The number of nitrogens with zero attached hydrogens (tertiary/aromatic N) is 5. The van der Waals surface area contributed by atoms with E-state index in [1.807, 2.05) is 5.38 Å². The van der Waals surface area contributed by atoms with Crippen LogP contribution < -0.4 is 5.32 Å². The minimum absolute atomic E-state index is 0.0639. The summed E-state index contributed by atoms with van der Waals surface area (Å²) in [6.07, 6.45) is 2.36. The smallest absolute Gasteiger partial charge is 0.239 e. The highest BCUT2D eigenvalue weighted by Gasteiger charge is 2.45. The Labute approximate surface area is 168 Å². The van der Waals surface area contributed by atoms with Crippen LogP contribution in [-0.2, 0) is 16.1 Å². The summed E-state index contributed by atoms with van der Waals surface area (Å²) in [4.78, 5) is 31.5. The highest BCUT2D eigenvalue weighted by molar-refractivity contribution is 7.03. The molecule has 0 radical (unpaired) electrons. The van der Waals surface area contributed by atoms with Crippen LogP contribution >= 0.6 is 11.5 Å². The van der Waals surface area contributed by atoms with Crippen molar-refractivity contribution in [2.24, 2.45) is 0 Å². The summed E-state index contributed by atoms with van der Waals surface area (Å²) >= 11 is 1.33. The number of aliphatic hydroxyl groups is 1. The molecule has 4 rings (SSSR count). The van der Waals surface area contributed by atoms with Crippen molar-refractivity contribution in [3.8, 4) is 0 Å². The van der Waals surface area contributed by atoms with Gasteiger partial charge in [-0.1, -0.05) is 4.49 Å². The second-order valence-electron chi connectivity index (χ2n) is 8.05. The van der Waals surface area contributed by atoms with E-state index in [1.54, 1.807) is 4.90 Å². The minimum atomic E-state index is -0.387. The third-order valence-electron chi connectivity index (χ3n) is 6.33. The van der Waals surface area contributed by atoms with E-state index in [0.717, 1.165) is 18.7 Å². The highest BCUT2D eigenvalue weighted by atomic mass is 32.1. The van der Waals surface area contributed by atoms with Gasteiger partial charge in [0.15, 0.2) is 0 Å². The molecule has 1 aromatic rings. The zero-order chi connectivity index (χ0) is 19.7. The van der Waals surface area contributed by atoms with Crippen molar-refractivity contribution in [1.29, 1.82) is 0 Å². The molecule has 3 fully saturated rings. The summed E-state index contributed by atoms with van der Waals surface area (Å²) in [7, 11) is 2.07. The fraction of sp³-hybridized carbons (Fsp3) is 0.778. The maximum atomic E-state index is 12.8. The monoisotopic (exact) mass is 408 g/mol. The third-order valence-corrected chi connectivity index (χ3v) is 6.88. The molecule has 0 saturated carbocycles. The van der Waals surface area contributed by atoms with Gasteiger partial charge in [0, 0.05) is 56.6 Å². The van der Waals surface area contributed by atoms with Gasteiger partial charge in [-0.3, -0.25) is 19.4 Å². The molecule has 9 nitrogen and oxygen atoms in total. The maximum Gasteiger partial charge on any atom is 0.239 e. The molecule has 4 atom stereocenters. The maximum absolute atomic E-state index is 12.8. The highest BCUT2D eigenvalue weighted by Crippen LogP contribution is 2.28. The van der Waals surface area contributed by atoms with Crippen LogP contribution in [0.5, 0.6) is 0 Å². The first-order valence-corrected chi connectivity index (χ1v) is 10.8. The van der Waals surface area contributed by atoms with Crippen molar-refractivity contribution in [2.45, 2.75) is 56.5 Å². The molecule has 1 aromatic heterocycles. The number of β-amino-alcohol motifs (C(OH)–C–C–N with tert-alkyl or cyclic N) is 1. The van der Waals surface area contributed by atoms with E-state index in [0.29, 0.717) is 45.4 Å². The average Bonchev–Trinajstić information content (AvgIpc) is 3.41.